The third-order valence-corrected chi connectivity index (χ3v) is 2.98. The van der Waals surface area contributed by atoms with E-state index in [9.17, 15) is 5.11 Å². The van der Waals surface area contributed by atoms with Crippen molar-refractivity contribution in [2.24, 2.45) is 5.16 Å². The molecule has 1 N–H and O–H groups in total. The highest BCUT2D eigenvalue weighted by Crippen LogP contribution is 2.29. The number of rotatable bonds is 3. The molecule has 1 fully saturated rings. The number of aromatic hydroxyl groups is 1. The molecule has 0 unspecified atom stereocenters. The number of ether oxygens (including phenoxy) is 1. The van der Waals surface area contributed by atoms with Gasteiger partial charge in [0.25, 0.3) is 0 Å². The van der Waals surface area contributed by atoms with E-state index in [-0.39, 0.29) is 5.75 Å². The summed E-state index contributed by atoms with van der Waals surface area (Å²) in [5.74, 6) is 0.629. The van der Waals surface area contributed by atoms with Gasteiger partial charge in [-0.3, -0.25) is 0 Å². The summed E-state index contributed by atoms with van der Waals surface area (Å²) in [6.07, 6.45) is 5.12. The van der Waals surface area contributed by atoms with Gasteiger partial charge in [-0.05, 0) is 48.6 Å². The molecule has 0 heterocycles. The van der Waals surface area contributed by atoms with Crippen LogP contribution in [-0.2, 0) is 4.84 Å². The van der Waals surface area contributed by atoms with Gasteiger partial charge in [-0.25, -0.2) is 0 Å². The first kappa shape index (κ1) is 12.5. The molecule has 2 rings (SSSR count). The number of hydrogen-bond acceptors (Lipinski definition) is 4. The minimum absolute atomic E-state index is 0.150. The van der Waals surface area contributed by atoms with Crippen LogP contribution in [-0.4, -0.2) is 25.0 Å². The predicted octanol–water partition coefficient (Wildman–Crippen LogP) is 2.97. The standard InChI is InChI=1S/C14H17NO3/c1-17-14-9-10(6-7-13(14)16)8-11-4-3-5-12(11)15-18-2/h6-9,16H,3-5H2,1-2H3/b11-8-,15-12+. The number of hydrogen-bond donors (Lipinski definition) is 1. The predicted molar refractivity (Wildman–Crippen MR) is 70.9 cm³/mol. The largest absolute Gasteiger partial charge is 0.504 e. The molecular formula is C14H17NO3. The Balaban J connectivity index is 2.30. The lowest BCUT2D eigenvalue weighted by Gasteiger charge is -2.05. The van der Waals surface area contributed by atoms with E-state index in [1.807, 2.05) is 12.1 Å². The molecule has 0 aromatic heterocycles. The third-order valence-electron chi connectivity index (χ3n) is 2.98. The van der Waals surface area contributed by atoms with Gasteiger partial charge in [-0.15, -0.1) is 0 Å². The van der Waals surface area contributed by atoms with Crippen LogP contribution >= 0.6 is 0 Å². The van der Waals surface area contributed by atoms with Gasteiger partial charge in [-0.2, -0.15) is 0 Å². The Morgan fingerprint density at radius 1 is 1.28 bits per heavy atom. The van der Waals surface area contributed by atoms with E-state index in [1.165, 1.54) is 5.57 Å². The molecule has 1 aromatic rings. The molecule has 1 saturated carbocycles. The van der Waals surface area contributed by atoms with E-state index >= 15 is 0 Å². The smallest absolute Gasteiger partial charge is 0.161 e. The van der Waals surface area contributed by atoms with E-state index in [0.717, 1.165) is 30.5 Å². The summed E-state index contributed by atoms with van der Waals surface area (Å²) in [7, 11) is 3.10. The van der Waals surface area contributed by atoms with Crippen molar-refractivity contribution in [3.05, 3.63) is 29.3 Å². The first-order valence-corrected chi connectivity index (χ1v) is 5.92. The Morgan fingerprint density at radius 2 is 2.11 bits per heavy atom. The van der Waals surface area contributed by atoms with E-state index in [2.05, 4.69) is 11.2 Å². The molecule has 1 aliphatic carbocycles. The quantitative estimate of drug-likeness (QED) is 0.835. The van der Waals surface area contributed by atoms with Crippen molar-refractivity contribution in [2.45, 2.75) is 19.3 Å². The fraction of sp³-hybridized carbons (Fsp3) is 0.357. The van der Waals surface area contributed by atoms with Crippen molar-refractivity contribution >= 4 is 11.8 Å². The van der Waals surface area contributed by atoms with Gasteiger partial charge >= 0.3 is 0 Å². The molecule has 0 amide bonds. The van der Waals surface area contributed by atoms with Crippen LogP contribution in [0.15, 0.2) is 28.9 Å². The summed E-state index contributed by atoms with van der Waals surface area (Å²) in [5, 5.41) is 13.6. The fourth-order valence-corrected chi connectivity index (χ4v) is 2.11. The summed E-state index contributed by atoms with van der Waals surface area (Å²) in [6, 6.07) is 5.30. The second-order valence-electron chi connectivity index (χ2n) is 4.17. The van der Waals surface area contributed by atoms with E-state index in [4.69, 9.17) is 9.57 Å². The number of nitrogens with zero attached hydrogens (tertiary/aromatic N) is 1. The van der Waals surface area contributed by atoms with Gasteiger partial charge < -0.3 is 14.7 Å². The van der Waals surface area contributed by atoms with Crippen molar-refractivity contribution in [3.63, 3.8) is 0 Å². The Labute approximate surface area is 107 Å². The van der Waals surface area contributed by atoms with E-state index in [0.29, 0.717) is 5.75 Å². The van der Waals surface area contributed by atoms with Crippen LogP contribution in [0.4, 0.5) is 0 Å². The van der Waals surface area contributed by atoms with Crippen LogP contribution in [0.2, 0.25) is 0 Å². The van der Waals surface area contributed by atoms with Gasteiger partial charge in [0.15, 0.2) is 11.5 Å². The average molecular weight is 247 g/mol. The van der Waals surface area contributed by atoms with Crippen LogP contribution in [0.3, 0.4) is 0 Å². The van der Waals surface area contributed by atoms with Crippen molar-refractivity contribution in [3.8, 4) is 11.5 Å². The molecule has 18 heavy (non-hydrogen) atoms. The summed E-state index contributed by atoms with van der Waals surface area (Å²) in [6.45, 7) is 0. The lowest BCUT2D eigenvalue weighted by Crippen LogP contribution is -1.94. The van der Waals surface area contributed by atoms with Crippen LogP contribution < -0.4 is 4.74 Å². The topological polar surface area (TPSA) is 51.0 Å². The zero-order valence-electron chi connectivity index (χ0n) is 10.6. The van der Waals surface area contributed by atoms with Crippen LogP contribution in [0, 0.1) is 0 Å². The first-order chi connectivity index (χ1) is 8.74. The molecule has 0 spiro atoms. The summed E-state index contributed by atoms with van der Waals surface area (Å²) in [4.78, 5) is 4.84. The highest BCUT2D eigenvalue weighted by molar-refractivity contribution is 6.05. The van der Waals surface area contributed by atoms with Crippen molar-refractivity contribution in [1.29, 1.82) is 0 Å². The highest BCUT2D eigenvalue weighted by Gasteiger charge is 2.16. The Morgan fingerprint density at radius 3 is 2.83 bits per heavy atom. The van der Waals surface area contributed by atoms with Crippen LogP contribution in [0.1, 0.15) is 24.8 Å². The van der Waals surface area contributed by atoms with Gasteiger partial charge in [-0.1, -0.05) is 11.2 Å². The number of allylic oxidation sites excluding steroid dienone is 1. The minimum Gasteiger partial charge on any atom is -0.504 e. The molecule has 96 valence electrons. The molecule has 1 aromatic carbocycles. The molecule has 1 aliphatic rings. The Hall–Kier alpha value is -1.97. The molecular weight excluding hydrogens is 230 g/mol. The summed E-state index contributed by atoms with van der Waals surface area (Å²) in [5.41, 5.74) is 3.18. The number of phenolic OH excluding ortho intramolecular Hbond substituents is 1. The first-order valence-electron chi connectivity index (χ1n) is 5.92. The maximum Gasteiger partial charge on any atom is 0.161 e. The molecule has 4 nitrogen and oxygen atoms in total. The lowest BCUT2D eigenvalue weighted by molar-refractivity contribution is 0.213. The zero-order chi connectivity index (χ0) is 13.0. The van der Waals surface area contributed by atoms with Crippen LogP contribution in [0.5, 0.6) is 11.5 Å². The van der Waals surface area contributed by atoms with Gasteiger partial charge in [0.1, 0.15) is 7.11 Å². The molecule has 0 bridgehead atoms. The lowest BCUT2D eigenvalue weighted by atomic mass is 10.1. The fourth-order valence-electron chi connectivity index (χ4n) is 2.11. The Kier molecular flexibility index (Phi) is 3.87. The second kappa shape index (κ2) is 5.58. The molecule has 0 aliphatic heterocycles. The SMILES string of the molecule is CO/N=C1\CCC\C1=C\c1ccc(O)c(OC)c1. The molecule has 4 heteroatoms. The van der Waals surface area contributed by atoms with E-state index < -0.39 is 0 Å². The second-order valence-corrected chi connectivity index (χ2v) is 4.17. The van der Waals surface area contributed by atoms with Crippen molar-refractivity contribution in [2.75, 3.05) is 14.2 Å². The number of benzene rings is 1. The zero-order valence-corrected chi connectivity index (χ0v) is 10.6. The number of phenols is 1. The van der Waals surface area contributed by atoms with E-state index in [1.54, 1.807) is 20.3 Å². The third kappa shape index (κ3) is 2.64. The summed E-state index contributed by atoms with van der Waals surface area (Å²) < 4.78 is 5.09. The van der Waals surface area contributed by atoms with Crippen molar-refractivity contribution in [1.82, 2.24) is 0 Å². The van der Waals surface area contributed by atoms with Crippen molar-refractivity contribution < 1.29 is 14.7 Å². The average Bonchev–Trinajstić information content (AvgIpc) is 2.80. The molecule has 0 atom stereocenters. The van der Waals surface area contributed by atoms with Crippen LogP contribution in [0.25, 0.3) is 6.08 Å². The molecule has 0 saturated heterocycles. The van der Waals surface area contributed by atoms with Gasteiger partial charge in [0.05, 0.1) is 12.8 Å². The normalized spacial score (nSPS) is 19.4. The molecule has 0 radical (unpaired) electrons. The summed E-state index contributed by atoms with van der Waals surface area (Å²) >= 11 is 0. The minimum atomic E-state index is 0.150. The number of methoxy groups -OCH3 is 1. The highest BCUT2D eigenvalue weighted by atomic mass is 16.6. The monoisotopic (exact) mass is 247 g/mol. The van der Waals surface area contributed by atoms with Gasteiger partial charge in [0, 0.05) is 0 Å². The van der Waals surface area contributed by atoms with Gasteiger partial charge in [0.2, 0.25) is 0 Å². The maximum atomic E-state index is 9.54. The Bertz CT molecular complexity index is 492. The maximum absolute atomic E-state index is 9.54. The number of oxime groups is 1.